The van der Waals surface area contributed by atoms with E-state index in [1.807, 2.05) is 53.4 Å². The van der Waals surface area contributed by atoms with Crippen LogP contribution in [0.2, 0.25) is 0 Å². The molecule has 154 valence electrons. The van der Waals surface area contributed by atoms with Crippen LogP contribution in [0.1, 0.15) is 30.4 Å². The van der Waals surface area contributed by atoms with Gasteiger partial charge in [0.05, 0.1) is 13.0 Å². The van der Waals surface area contributed by atoms with E-state index >= 15 is 0 Å². The number of aryl methyl sites for hydroxylation is 1. The van der Waals surface area contributed by atoms with Crippen LogP contribution in [0.3, 0.4) is 0 Å². The number of carbonyl (C=O) groups excluding carboxylic acids is 2. The van der Waals surface area contributed by atoms with Crippen molar-refractivity contribution in [2.45, 2.75) is 38.1 Å². The molecular weight excluding hydrogens is 372 g/mol. The molecule has 3 aromatic rings. The molecule has 1 fully saturated rings. The standard InChI is InChI=1S/C26H28N2O2/c29-25(18-22-12-6-11-21-10-4-5-14-24(21)22)27-19-26(30)28-17-7-13-23(28)16-15-20-8-2-1-3-9-20/h1-6,8-12,14,23H,7,13,15-19H2,(H,27,29). The van der Waals surface area contributed by atoms with Crippen LogP contribution in [0.15, 0.2) is 72.8 Å². The Hall–Kier alpha value is -3.14. The van der Waals surface area contributed by atoms with Crippen molar-refractivity contribution in [1.82, 2.24) is 10.2 Å². The molecule has 3 aromatic carbocycles. The SMILES string of the molecule is O=C(Cc1cccc2ccccc12)NCC(=O)N1CCCC1CCc1ccccc1. The third-order valence-corrected chi connectivity index (χ3v) is 5.97. The Labute approximate surface area is 177 Å². The summed E-state index contributed by atoms with van der Waals surface area (Å²) in [7, 11) is 0. The van der Waals surface area contributed by atoms with Gasteiger partial charge in [-0.15, -0.1) is 0 Å². The number of amides is 2. The molecule has 30 heavy (non-hydrogen) atoms. The Morgan fingerprint density at radius 2 is 1.70 bits per heavy atom. The first kappa shape index (κ1) is 20.1. The van der Waals surface area contributed by atoms with Gasteiger partial charge in [-0.1, -0.05) is 72.8 Å². The van der Waals surface area contributed by atoms with Crippen LogP contribution >= 0.6 is 0 Å². The minimum atomic E-state index is -0.111. The maximum Gasteiger partial charge on any atom is 0.242 e. The van der Waals surface area contributed by atoms with Crippen LogP contribution in [0.4, 0.5) is 0 Å². The molecule has 0 bridgehead atoms. The Kier molecular flexibility index (Phi) is 6.43. The number of likely N-dealkylation sites (tertiary alicyclic amines) is 1. The van der Waals surface area contributed by atoms with Gasteiger partial charge < -0.3 is 10.2 Å². The zero-order chi connectivity index (χ0) is 20.8. The second-order valence-electron chi connectivity index (χ2n) is 8.00. The van der Waals surface area contributed by atoms with Gasteiger partial charge in [0.1, 0.15) is 0 Å². The summed E-state index contributed by atoms with van der Waals surface area (Å²) in [5.41, 5.74) is 2.29. The zero-order valence-corrected chi connectivity index (χ0v) is 17.2. The summed E-state index contributed by atoms with van der Waals surface area (Å²) in [5.74, 6) is -0.0865. The molecule has 4 nitrogen and oxygen atoms in total. The Balaban J connectivity index is 1.29. The summed E-state index contributed by atoms with van der Waals surface area (Å²) in [4.78, 5) is 27.2. The lowest BCUT2D eigenvalue weighted by atomic mass is 10.0. The molecule has 4 rings (SSSR count). The summed E-state index contributed by atoms with van der Waals surface area (Å²) in [6.07, 6.45) is 4.31. The molecule has 2 amide bonds. The first-order valence-corrected chi connectivity index (χ1v) is 10.8. The van der Waals surface area contributed by atoms with Crippen molar-refractivity contribution in [1.29, 1.82) is 0 Å². The average molecular weight is 401 g/mol. The van der Waals surface area contributed by atoms with E-state index in [4.69, 9.17) is 0 Å². The van der Waals surface area contributed by atoms with E-state index in [0.717, 1.165) is 48.6 Å². The lowest BCUT2D eigenvalue weighted by molar-refractivity contribution is -0.133. The number of hydrogen-bond donors (Lipinski definition) is 1. The molecule has 4 heteroatoms. The Morgan fingerprint density at radius 3 is 2.57 bits per heavy atom. The average Bonchev–Trinajstić information content (AvgIpc) is 3.26. The molecule has 1 atom stereocenters. The summed E-state index contributed by atoms with van der Waals surface area (Å²) >= 11 is 0. The van der Waals surface area contributed by atoms with Crippen molar-refractivity contribution >= 4 is 22.6 Å². The van der Waals surface area contributed by atoms with Crippen LogP contribution < -0.4 is 5.32 Å². The molecule has 1 aliphatic heterocycles. The number of fused-ring (bicyclic) bond motifs is 1. The normalized spacial score (nSPS) is 16.0. The predicted octanol–water partition coefficient (Wildman–Crippen LogP) is 4.12. The molecule has 0 aliphatic carbocycles. The van der Waals surface area contributed by atoms with E-state index in [-0.39, 0.29) is 30.8 Å². The zero-order valence-electron chi connectivity index (χ0n) is 17.2. The molecule has 1 unspecified atom stereocenters. The van der Waals surface area contributed by atoms with E-state index in [1.54, 1.807) is 0 Å². The van der Waals surface area contributed by atoms with Crippen molar-refractivity contribution in [3.05, 3.63) is 83.9 Å². The molecule has 0 aromatic heterocycles. The molecule has 1 heterocycles. The smallest absolute Gasteiger partial charge is 0.242 e. The van der Waals surface area contributed by atoms with Crippen molar-refractivity contribution < 1.29 is 9.59 Å². The van der Waals surface area contributed by atoms with Crippen molar-refractivity contribution in [2.24, 2.45) is 0 Å². The van der Waals surface area contributed by atoms with Crippen molar-refractivity contribution in [3.63, 3.8) is 0 Å². The fourth-order valence-electron chi connectivity index (χ4n) is 4.40. The lowest BCUT2D eigenvalue weighted by Crippen LogP contribution is -2.43. The predicted molar refractivity (Wildman–Crippen MR) is 120 cm³/mol. The molecule has 0 saturated carbocycles. The van der Waals surface area contributed by atoms with E-state index in [0.29, 0.717) is 0 Å². The minimum absolute atomic E-state index is 0.0248. The highest BCUT2D eigenvalue weighted by atomic mass is 16.2. The van der Waals surface area contributed by atoms with Crippen LogP contribution in [-0.2, 0) is 22.4 Å². The third-order valence-electron chi connectivity index (χ3n) is 5.97. The van der Waals surface area contributed by atoms with Gasteiger partial charge in [0.15, 0.2) is 0 Å². The summed E-state index contributed by atoms with van der Waals surface area (Å²) in [5, 5.41) is 5.04. The van der Waals surface area contributed by atoms with E-state index in [9.17, 15) is 9.59 Å². The molecule has 1 N–H and O–H groups in total. The van der Waals surface area contributed by atoms with Crippen molar-refractivity contribution in [3.8, 4) is 0 Å². The van der Waals surface area contributed by atoms with E-state index < -0.39 is 0 Å². The fourth-order valence-corrected chi connectivity index (χ4v) is 4.40. The van der Waals surface area contributed by atoms with E-state index in [1.165, 1.54) is 5.56 Å². The quantitative estimate of drug-likeness (QED) is 0.649. The molecule has 0 radical (unpaired) electrons. The highest BCUT2D eigenvalue weighted by Crippen LogP contribution is 2.22. The van der Waals surface area contributed by atoms with Crippen LogP contribution in [0.25, 0.3) is 10.8 Å². The second-order valence-corrected chi connectivity index (χ2v) is 8.00. The second kappa shape index (κ2) is 9.57. The van der Waals surface area contributed by atoms with Gasteiger partial charge >= 0.3 is 0 Å². The summed E-state index contributed by atoms with van der Waals surface area (Å²) in [6, 6.07) is 24.7. The van der Waals surface area contributed by atoms with Gasteiger partial charge in [-0.05, 0) is 47.6 Å². The third kappa shape index (κ3) is 4.88. The van der Waals surface area contributed by atoms with Gasteiger partial charge in [-0.25, -0.2) is 0 Å². The number of carbonyl (C=O) groups is 2. The summed E-state index contributed by atoms with van der Waals surface area (Å²) < 4.78 is 0. The number of nitrogens with zero attached hydrogens (tertiary/aromatic N) is 1. The maximum atomic E-state index is 12.7. The monoisotopic (exact) mass is 400 g/mol. The number of rotatable bonds is 7. The highest BCUT2D eigenvalue weighted by molar-refractivity contribution is 5.91. The minimum Gasteiger partial charge on any atom is -0.347 e. The number of hydrogen-bond acceptors (Lipinski definition) is 2. The lowest BCUT2D eigenvalue weighted by Gasteiger charge is -2.25. The number of nitrogens with one attached hydrogen (secondary N) is 1. The molecular formula is C26H28N2O2. The van der Waals surface area contributed by atoms with Gasteiger partial charge in [-0.2, -0.15) is 0 Å². The first-order chi connectivity index (χ1) is 14.7. The van der Waals surface area contributed by atoms with Crippen LogP contribution in [0, 0.1) is 0 Å². The van der Waals surface area contributed by atoms with Gasteiger partial charge in [0, 0.05) is 12.6 Å². The highest BCUT2D eigenvalue weighted by Gasteiger charge is 2.28. The largest absolute Gasteiger partial charge is 0.347 e. The molecule has 1 aliphatic rings. The van der Waals surface area contributed by atoms with Crippen LogP contribution in [0.5, 0.6) is 0 Å². The van der Waals surface area contributed by atoms with Gasteiger partial charge in [-0.3, -0.25) is 9.59 Å². The van der Waals surface area contributed by atoms with Crippen LogP contribution in [-0.4, -0.2) is 35.8 Å². The fraction of sp³-hybridized carbons (Fsp3) is 0.308. The van der Waals surface area contributed by atoms with E-state index in [2.05, 4.69) is 29.6 Å². The first-order valence-electron chi connectivity index (χ1n) is 10.8. The number of benzene rings is 3. The Morgan fingerprint density at radius 1 is 0.933 bits per heavy atom. The van der Waals surface area contributed by atoms with Gasteiger partial charge in [0.2, 0.25) is 11.8 Å². The van der Waals surface area contributed by atoms with Gasteiger partial charge in [0.25, 0.3) is 0 Å². The topological polar surface area (TPSA) is 49.4 Å². The van der Waals surface area contributed by atoms with Crippen molar-refractivity contribution in [2.75, 3.05) is 13.1 Å². The summed E-state index contributed by atoms with van der Waals surface area (Å²) in [6.45, 7) is 0.864. The Bertz CT molecular complexity index is 1010. The molecule has 0 spiro atoms. The maximum absolute atomic E-state index is 12.7. The molecule has 1 saturated heterocycles.